The number of anilines is 1. The predicted octanol–water partition coefficient (Wildman–Crippen LogP) is 2.74. The number of sulfonamides is 1. The lowest BCUT2D eigenvalue weighted by Crippen LogP contribution is -2.57. The third kappa shape index (κ3) is 3.57. The second-order valence-corrected chi connectivity index (χ2v) is 8.66. The monoisotopic (exact) mass is 388 g/mol. The van der Waals surface area contributed by atoms with E-state index in [-0.39, 0.29) is 23.9 Å². The summed E-state index contributed by atoms with van der Waals surface area (Å²) < 4.78 is 32.7. The van der Waals surface area contributed by atoms with Gasteiger partial charge in [0.2, 0.25) is 15.9 Å². The number of carbonyl (C=O) groups is 1. The summed E-state index contributed by atoms with van der Waals surface area (Å²) in [6.45, 7) is 5.96. The highest BCUT2D eigenvalue weighted by Crippen LogP contribution is 2.32. The number of hydrogen-bond acceptors (Lipinski definition) is 4. The van der Waals surface area contributed by atoms with Crippen molar-refractivity contribution in [2.75, 3.05) is 25.1 Å². The molecule has 0 saturated carbocycles. The fourth-order valence-electron chi connectivity index (χ4n) is 3.28. The maximum absolute atomic E-state index is 13.0. The average Bonchev–Trinajstić information content (AvgIpc) is 2.64. The number of ether oxygens (including phenoxy) is 1. The van der Waals surface area contributed by atoms with Crippen molar-refractivity contribution in [2.24, 2.45) is 0 Å². The molecule has 3 rings (SSSR count). The maximum atomic E-state index is 13.0. The van der Waals surface area contributed by atoms with Gasteiger partial charge in [0.05, 0.1) is 17.7 Å². The Hall–Kier alpha value is -2.38. The molecule has 0 spiro atoms. The van der Waals surface area contributed by atoms with E-state index < -0.39 is 16.1 Å². The maximum Gasteiger partial charge on any atom is 0.245 e. The van der Waals surface area contributed by atoms with E-state index >= 15 is 0 Å². The predicted molar refractivity (Wildman–Crippen MR) is 105 cm³/mol. The lowest BCUT2D eigenvalue weighted by atomic mass is 10.1. The van der Waals surface area contributed by atoms with E-state index in [0.717, 1.165) is 11.1 Å². The van der Waals surface area contributed by atoms with Crippen molar-refractivity contribution in [3.8, 4) is 5.75 Å². The van der Waals surface area contributed by atoms with Gasteiger partial charge in [-0.3, -0.25) is 4.79 Å². The average molecular weight is 388 g/mol. The van der Waals surface area contributed by atoms with Gasteiger partial charge < -0.3 is 9.64 Å². The Morgan fingerprint density at radius 3 is 2.26 bits per heavy atom. The minimum Gasteiger partial charge on any atom is -0.495 e. The van der Waals surface area contributed by atoms with Gasteiger partial charge in [0.25, 0.3) is 0 Å². The highest BCUT2D eigenvalue weighted by atomic mass is 32.2. The van der Waals surface area contributed by atoms with Crippen molar-refractivity contribution >= 4 is 21.6 Å². The molecule has 1 unspecified atom stereocenters. The number of carbonyl (C=O) groups excluding carboxylic acids is 1. The fraction of sp³-hybridized carbons (Fsp3) is 0.350. The molecule has 7 heteroatoms. The minimum absolute atomic E-state index is 0.203. The molecule has 2 aromatic rings. The van der Waals surface area contributed by atoms with Crippen LogP contribution in [0.1, 0.15) is 18.1 Å². The normalized spacial score (nSPS) is 18.6. The Balaban J connectivity index is 1.91. The molecule has 27 heavy (non-hydrogen) atoms. The molecular formula is C20H24N2O4S. The summed E-state index contributed by atoms with van der Waals surface area (Å²) >= 11 is 0. The molecule has 6 nitrogen and oxygen atoms in total. The first-order valence-corrected chi connectivity index (χ1v) is 10.2. The SMILES string of the molecule is COc1ccc(C)cc1N1CCN(S(=O)(=O)c2ccc(C)cc2)C(C)C1=O. The second-order valence-electron chi connectivity index (χ2n) is 6.77. The molecule has 1 aliphatic rings. The highest BCUT2D eigenvalue weighted by Gasteiger charge is 2.40. The molecule has 0 aromatic heterocycles. The summed E-state index contributed by atoms with van der Waals surface area (Å²) in [4.78, 5) is 14.8. The molecule has 1 saturated heterocycles. The van der Waals surface area contributed by atoms with Crippen LogP contribution in [0.15, 0.2) is 47.4 Å². The number of benzene rings is 2. The van der Waals surface area contributed by atoms with Gasteiger partial charge >= 0.3 is 0 Å². The summed E-state index contributed by atoms with van der Waals surface area (Å²) in [6.07, 6.45) is 0. The lowest BCUT2D eigenvalue weighted by molar-refractivity contribution is -0.123. The first-order chi connectivity index (χ1) is 12.8. The largest absolute Gasteiger partial charge is 0.495 e. The summed E-state index contributed by atoms with van der Waals surface area (Å²) in [6, 6.07) is 11.5. The van der Waals surface area contributed by atoms with Gasteiger partial charge in [0.15, 0.2) is 0 Å². The number of rotatable bonds is 4. The summed E-state index contributed by atoms with van der Waals surface area (Å²) in [5.74, 6) is 0.330. The molecule has 144 valence electrons. The first-order valence-electron chi connectivity index (χ1n) is 8.80. The van der Waals surface area contributed by atoms with Crippen LogP contribution in [0.5, 0.6) is 5.75 Å². The Labute approximate surface area is 160 Å². The van der Waals surface area contributed by atoms with Crippen LogP contribution < -0.4 is 9.64 Å². The van der Waals surface area contributed by atoms with Crippen LogP contribution >= 0.6 is 0 Å². The molecule has 1 aliphatic heterocycles. The summed E-state index contributed by atoms with van der Waals surface area (Å²) in [5.41, 5.74) is 2.65. The highest BCUT2D eigenvalue weighted by molar-refractivity contribution is 7.89. The number of piperazine rings is 1. The van der Waals surface area contributed by atoms with Crippen molar-refractivity contribution in [1.29, 1.82) is 0 Å². The first kappa shape index (κ1) is 19.4. The smallest absolute Gasteiger partial charge is 0.245 e. The van der Waals surface area contributed by atoms with E-state index in [2.05, 4.69) is 0 Å². The van der Waals surface area contributed by atoms with Crippen molar-refractivity contribution < 1.29 is 17.9 Å². The van der Waals surface area contributed by atoms with Crippen molar-refractivity contribution in [2.45, 2.75) is 31.7 Å². The van der Waals surface area contributed by atoms with Gasteiger partial charge in [0.1, 0.15) is 11.8 Å². The van der Waals surface area contributed by atoms with Crippen molar-refractivity contribution in [1.82, 2.24) is 4.31 Å². The molecule has 2 aromatic carbocycles. The Kier molecular flexibility index (Phi) is 5.26. The van der Waals surface area contributed by atoms with Crippen LogP contribution in [0.25, 0.3) is 0 Å². The van der Waals surface area contributed by atoms with Crippen LogP contribution in [-0.2, 0) is 14.8 Å². The molecule has 1 amide bonds. The van der Waals surface area contributed by atoms with E-state index in [1.165, 1.54) is 4.31 Å². The van der Waals surface area contributed by atoms with Gasteiger partial charge in [0, 0.05) is 13.1 Å². The molecule has 1 atom stereocenters. The van der Waals surface area contributed by atoms with Gasteiger partial charge in [-0.15, -0.1) is 0 Å². The number of hydrogen-bond donors (Lipinski definition) is 0. The van der Waals surface area contributed by atoms with Crippen LogP contribution in [0.4, 0.5) is 5.69 Å². The molecule has 0 N–H and O–H groups in total. The third-order valence-electron chi connectivity index (χ3n) is 4.85. The zero-order chi connectivity index (χ0) is 19.8. The summed E-state index contributed by atoms with van der Waals surface area (Å²) in [7, 11) is -2.18. The topological polar surface area (TPSA) is 66.9 Å². The minimum atomic E-state index is -3.74. The summed E-state index contributed by atoms with van der Waals surface area (Å²) in [5, 5.41) is 0. The van der Waals surface area contributed by atoms with Crippen LogP contribution in [-0.4, -0.2) is 44.9 Å². The second kappa shape index (κ2) is 7.32. The Morgan fingerprint density at radius 2 is 1.63 bits per heavy atom. The number of aryl methyl sites for hydroxylation is 2. The zero-order valence-electron chi connectivity index (χ0n) is 16.0. The number of nitrogens with zero attached hydrogens (tertiary/aromatic N) is 2. The fourth-order valence-corrected chi connectivity index (χ4v) is 4.85. The number of amides is 1. The van der Waals surface area contributed by atoms with Gasteiger partial charge in [-0.2, -0.15) is 4.31 Å². The quantitative estimate of drug-likeness (QED) is 0.808. The van der Waals surface area contributed by atoms with Crippen molar-refractivity contribution in [3.63, 3.8) is 0 Å². The van der Waals surface area contributed by atoms with E-state index in [1.807, 2.05) is 32.0 Å². The molecule has 0 bridgehead atoms. The van der Waals surface area contributed by atoms with E-state index in [0.29, 0.717) is 11.4 Å². The van der Waals surface area contributed by atoms with E-state index in [4.69, 9.17) is 4.74 Å². The standard InChI is InChI=1S/C20H24N2O4S/c1-14-5-8-17(9-6-14)27(24,25)22-12-11-21(20(23)16(22)3)18-13-15(2)7-10-19(18)26-4/h5-10,13,16H,11-12H2,1-4H3. The molecule has 1 heterocycles. The Bertz CT molecular complexity index is 954. The molecule has 0 aliphatic carbocycles. The van der Waals surface area contributed by atoms with Crippen molar-refractivity contribution in [3.05, 3.63) is 53.6 Å². The Morgan fingerprint density at radius 1 is 1.00 bits per heavy atom. The molecular weight excluding hydrogens is 364 g/mol. The van der Waals surface area contributed by atoms with Gasteiger partial charge in [-0.05, 0) is 50.6 Å². The molecule has 0 radical (unpaired) electrons. The number of methoxy groups -OCH3 is 1. The van der Waals surface area contributed by atoms with Crippen LogP contribution in [0, 0.1) is 13.8 Å². The zero-order valence-corrected chi connectivity index (χ0v) is 16.8. The lowest BCUT2D eigenvalue weighted by Gasteiger charge is -2.38. The van der Waals surface area contributed by atoms with Gasteiger partial charge in [-0.25, -0.2) is 8.42 Å². The molecule has 1 fully saturated rings. The van der Waals surface area contributed by atoms with E-state index in [1.54, 1.807) is 43.2 Å². The van der Waals surface area contributed by atoms with Gasteiger partial charge in [-0.1, -0.05) is 23.8 Å². The van der Waals surface area contributed by atoms with Crippen LogP contribution in [0.2, 0.25) is 0 Å². The van der Waals surface area contributed by atoms with E-state index in [9.17, 15) is 13.2 Å². The third-order valence-corrected chi connectivity index (χ3v) is 6.84. The van der Waals surface area contributed by atoms with Crippen LogP contribution in [0.3, 0.4) is 0 Å².